The Morgan fingerprint density at radius 2 is 1.78 bits per heavy atom. The molecular formula is C26H29F3N4O4. The molecule has 1 aromatic carbocycles. The summed E-state index contributed by atoms with van der Waals surface area (Å²) < 4.78 is 42.7. The number of aromatic nitrogens is 3. The lowest BCUT2D eigenvalue weighted by atomic mass is 9.93. The Labute approximate surface area is 211 Å². The number of nitrogens with one attached hydrogen (secondary N) is 1. The van der Waals surface area contributed by atoms with Gasteiger partial charge in [0.05, 0.1) is 11.6 Å². The van der Waals surface area contributed by atoms with Crippen molar-refractivity contribution in [3.05, 3.63) is 58.1 Å². The largest absolute Gasteiger partial charge is 0.573 e. The molecule has 1 saturated heterocycles. The number of piperidine rings is 1. The summed E-state index contributed by atoms with van der Waals surface area (Å²) in [5.41, 5.74) is 2.39. The second kappa shape index (κ2) is 10.2. The Hall–Kier alpha value is -3.34. The molecule has 5 rings (SSSR count). The second-order valence-corrected chi connectivity index (χ2v) is 9.89. The standard InChI is InChI=1S/C26H29F3N4O4/c27-26(28,29)37-21-8-5-17(6-9-21)24(35)32-12-10-19(11-13-32)33-22-14-18(15-30-23(22)31-25(33)36)16-2-1-3-20(34)7-4-16/h5-6,8-9,14-16,19-20,34H,1-4,7,10-13H2,(H,30,31,36)/t16-,20-/m0/s1. The van der Waals surface area contributed by atoms with E-state index >= 15 is 0 Å². The maximum atomic E-state index is 12.9. The molecule has 2 fully saturated rings. The van der Waals surface area contributed by atoms with Crippen LogP contribution in [0.3, 0.4) is 0 Å². The third-order valence-electron chi connectivity index (χ3n) is 7.45. The van der Waals surface area contributed by atoms with Gasteiger partial charge in [0, 0.05) is 30.9 Å². The topological polar surface area (TPSA) is 100 Å². The van der Waals surface area contributed by atoms with Crippen LogP contribution in [0.2, 0.25) is 0 Å². The average Bonchev–Trinajstić information content (AvgIpc) is 3.03. The minimum Gasteiger partial charge on any atom is -0.406 e. The van der Waals surface area contributed by atoms with Crippen molar-refractivity contribution in [3.8, 4) is 5.75 Å². The quantitative estimate of drug-likeness (QED) is 0.495. The zero-order valence-corrected chi connectivity index (χ0v) is 20.2. The Morgan fingerprint density at radius 1 is 1.05 bits per heavy atom. The molecule has 198 valence electrons. The summed E-state index contributed by atoms with van der Waals surface area (Å²) in [6.45, 7) is 0.827. The number of hydrogen-bond acceptors (Lipinski definition) is 5. The van der Waals surface area contributed by atoms with Crippen molar-refractivity contribution in [2.45, 2.75) is 69.4 Å². The van der Waals surface area contributed by atoms with Gasteiger partial charge in [-0.3, -0.25) is 14.3 Å². The van der Waals surface area contributed by atoms with Gasteiger partial charge in [0.1, 0.15) is 5.75 Å². The first-order chi connectivity index (χ1) is 17.7. The van der Waals surface area contributed by atoms with E-state index < -0.39 is 6.36 Å². The van der Waals surface area contributed by atoms with E-state index in [2.05, 4.69) is 14.7 Å². The van der Waals surface area contributed by atoms with Crippen molar-refractivity contribution < 1.29 is 27.8 Å². The van der Waals surface area contributed by atoms with Gasteiger partial charge in [-0.15, -0.1) is 13.2 Å². The summed E-state index contributed by atoms with van der Waals surface area (Å²) in [6.07, 6.45) is 2.27. The highest BCUT2D eigenvalue weighted by molar-refractivity contribution is 5.94. The maximum absolute atomic E-state index is 12.9. The van der Waals surface area contributed by atoms with Crippen LogP contribution < -0.4 is 10.4 Å². The van der Waals surface area contributed by atoms with Gasteiger partial charge in [-0.2, -0.15) is 0 Å². The fourth-order valence-electron chi connectivity index (χ4n) is 5.53. The first-order valence-electron chi connectivity index (χ1n) is 12.6. The number of aromatic amines is 1. The molecular weight excluding hydrogens is 489 g/mol. The minimum absolute atomic E-state index is 0.110. The van der Waals surface area contributed by atoms with Gasteiger partial charge in [-0.1, -0.05) is 6.42 Å². The van der Waals surface area contributed by atoms with Crippen LogP contribution in [0.15, 0.2) is 41.3 Å². The number of rotatable bonds is 4. The minimum atomic E-state index is -4.79. The molecule has 0 unspecified atom stereocenters. The van der Waals surface area contributed by atoms with Gasteiger partial charge < -0.3 is 14.7 Å². The smallest absolute Gasteiger partial charge is 0.406 e. The summed E-state index contributed by atoms with van der Waals surface area (Å²) in [5.74, 6) is -0.364. The number of carbonyl (C=O) groups is 1. The second-order valence-electron chi connectivity index (χ2n) is 9.89. The van der Waals surface area contributed by atoms with E-state index in [4.69, 9.17) is 0 Å². The predicted octanol–water partition coefficient (Wildman–Crippen LogP) is 4.51. The summed E-state index contributed by atoms with van der Waals surface area (Å²) in [5, 5.41) is 9.99. The Balaban J connectivity index is 1.28. The Bertz CT molecular complexity index is 1310. The van der Waals surface area contributed by atoms with Crippen molar-refractivity contribution in [2.24, 2.45) is 0 Å². The van der Waals surface area contributed by atoms with Crippen molar-refractivity contribution in [1.82, 2.24) is 19.4 Å². The zero-order chi connectivity index (χ0) is 26.2. The molecule has 37 heavy (non-hydrogen) atoms. The molecule has 3 aromatic rings. The summed E-state index contributed by atoms with van der Waals surface area (Å²) in [7, 11) is 0. The number of imidazole rings is 1. The Kier molecular flexibility index (Phi) is 6.98. The van der Waals surface area contributed by atoms with Gasteiger partial charge in [0.15, 0.2) is 5.65 Å². The number of benzene rings is 1. The van der Waals surface area contributed by atoms with E-state index in [1.807, 2.05) is 12.3 Å². The first-order valence-corrected chi connectivity index (χ1v) is 12.6. The van der Waals surface area contributed by atoms with Crippen LogP contribution in [-0.4, -0.2) is 56.0 Å². The number of ether oxygens (including phenoxy) is 1. The fraction of sp³-hybridized carbons (Fsp3) is 0.500. The maximum Gasteiger partial charge on any atom is 0.573 e. The van der Waals surface area contributed by atoms with Gasteiger partial charge in [0.2, 0.25) is 0 Å². The number of hydrogen-bond donors (Lipinski definition) is 2. The number of halogens is 3. The highest BCUT2D eigenvalue weighted by Gasteiger charge is 2.31. The molecule has 1 aliphatic heterocycles. The molecule has 2 atom stereocenters. The van der Waals surface area contributed by atoms with Gasteiger partial charge in [-0.25, -0.2) is 9.78 Å². The molecule has 8 nitrogen and oxygen atoms in total. The fourth-order valence-corrected chi connectivity index (χ4v) is 5.53. The average molecular weight is 519 g/mol. The molecule has 11 heteroatoms. The molecule has 3 heterocycles. The van der Waals surface area contributed by atoms with Crippen molar-refractivity contribution in [3.63, 3.8) is 0 Å². The molecule has 0 bridgehead atoms. The lowest BCUT2D eigenvalue weighted by molar-refractivity contribution is -0.274. The van der Waals surface area contributed by atoms with Crippen molar-refractivity contribution >= 4 is 17.1 Å². The van der Waals surface area contributed by atoms with Crippen LogP contribution in [0, 0.1) is 0 Å². The molecule has 1 saturated carbocycles. The van der Waals surface area contributed by atoms with Gasteiger partial charge in [0.25, 0.3) is 5.91 Å². The number of likely N-dealkylation sites (tertiary alicyclic amines) is 1. The molecule has 2 aromatic heterocycles. The van der Waals surface area contributed by atoms with Crippen LogP contribution in [0.1, 0.15) is 72.8 Å². The lowest BCUT2D eigenvalue weighted by Gasteiger charge is -2.32. The van der Waals surface area contributed by atoms with E-state index in [0.29, 0.717) is 37.5 Å². The van der Waals surface area contributed by atoms with E-state index in [0.717, 1.165) is 55.3 Å². The van der Waals surface area contributed by atoms with Crippen LogP contribution >= 0.6 is 0 Å². The number of carbonyl (C=O) groups excluding carboxylic acids is 1. The number of amides is 1. The molecule has 1 aliphatic carbocycles. The normalized spacial score (nSPS) is 21.7. The van der Waals surface area contributed by atoms with Crippen LogP contribution in [-0.2, 0) is 0 Å². The molecule has 0 radical (unpaired) electrons. The highest BCUT2D eigenvalue weighted by Crippen LogP contribution is 2.33. The molecule has 2 aliphatic rings. The molecule has 2 N–H and O–H groups in total. The molecule has 0 spiro atoms. The third kappa shape index (κ3) is 5.66. The number of pyridine rings is 1. The van der Waals surface area contributed by atoms with E-state index in [-0.39, 0.29) is 35.1 Å². The van der Waals surface area contributed by atoms with Gasteiger partial charge in [-0.05, 0) is 80.3 Å². The van der Waals surface area contributed by atoms with Crippen LogP contribution in [0.5, 0.6) is 5.75 Å². The lowest BCUT2D eigenvalue weighted by Crippen LogP contribution is -2.40. The summed E-state index contributed by atoms with van der Waals surface area (Å²) in [4.78, 5) is 34.8. The molecule has 1 amide bonds. The first kappa shape index (κ1) is 25.3. The summed E-state index contributed by atoms with van der Waals surface area (Å²) in [6, 6.07) is 6.81. The van der Waals surface area contributed by atoms with Crippen molar-refractivity contribution in [2.75, 3.05) is 13.1 Å². The number of H-pyrrole nitrogens is 1. The van der Waals surface area contributed by atoms with E-state index in [1.54, 1.807) is 9.47 Å². The van der Waals surface area contributed by atoms with Crippen LogP contribution in [0.4, 0.5) is 13.2 Å². The summed E-state index contributed by atoms with van der Waals surface area (Å²) >= 11 is 0. The predicted molar refractivity (Wildman–Crippen MR) is 129 cm³/mol. The highest BCUT2D eigenvalue weighted by atomic mass is 19.4. The van der Waals surface area contributed by atoms with E-state index in [9.17, 15) is 27.9 Å². The number of aliphatic hydroxyl groups excluding tert-OH is 1. The Morgan fingerprint density at radius 3 is 2.49 bits per heavy atom. The number of fused-ring (bicyclic) bond motifs is 1. The zero-order valence-electron chi connectivity index (χ0n) is 20.2. The van der Waals surface area contributed by atoms with E-state index in [1.165, 1.54) is 12.1 Å². The van der Waals surface area contributed by atoms with Gasteiger partial charge >= 0.3 is 12.1 Å². The number of alkyl halides is 3. The van der Waals surface area contributed by atoms with Crippen LogP contribution in [0.25, 0.3) is 11.2 Å². The van der Waals surface area contributed by atoms with Crippen molar-refractivity contribution in [1.29, 1.82) is 0 Å². The SMILES string of the molecule is O=C(c1ccc(OC(F)(F)F)cc1)N1CCC(n2c(=O)[nH]c3ncc([C@H]4CCC[C@H](O)CC4)cc32)CC1. The number of nitrogens with zero attached hydrogens (tertiary/aromatic N) is 3. The number of aliphatic hydroxyl groups is 1. The monoisotopic (exact) mass is 518 g/mol. The third-order valence-corrected chi connectivity index (χ3v) is 7.45.